The second kappa shape index (κ2) is 11.1. The summed E-state index contributed by atoms with van der Waals surface area (Å²) in [6, 6.07) is 12.1. The van der Waals surface area contributed by atoms with Gasteiger partial charge in [0, 0.05) is 59.6 Å². The summed E-state index contributed by atoms with van der Waals surface area (Å²) in [6.45, 7) is 0.740. The van der Waals surface area contributed by atoms with Gasteiger partial charge in [-0.25, -0.2) is 4.68 Å². The fourth-order valence-corrected chi connectivity index (χ4v) is 5.03. The molecule has 1 fully saturated rings. The zero-order valence-electron chi connectivity index (χ0n) is 20.9. The number of aromatic nitrogens is 2. The van der Waals surface area contributed by atoms with Crippen LogP contribution in [0.25, 0.3) is 5.69 Å². The molecule has 2 aromatic carbocycles. The SMILES string of the molecule is NC(=O)c1nn(-c2ccc(OS(=O)(=O)O)cc2)c2c1CCN(c1ccc(N3CCCC(O)C3=O)cc1)C2=O.[Na]. The Morgan fingerprint density at radius 2 is 1.56 bits per heavy atom. The predicted molar refractivity (Wildman–Crippen MR) is 139 cm³/mol. The van der Waals surface area contributed by atoms with Crippen LogP contribution in [-0.2, 0) is 21.6 Å². The minimum atomic E-state index is -4.72. The number of carbonyl (C=O) groups is 3. The molecule has 1 saturated heterocycles. The Bertz CT molecular complexity index is 1540. The molecule has 0 saturated carbocycles. The quantitative estimate of drug-likeness (QED) is 0.283. The van der Waals surface area contributed by atoms with Crippen LogP contribution in [0.5, 0.6) is 5.75 Å². The number of piperidine rings is 1. The van der Waals surface area contributed by atoms with Crippen molar-refractivity contribution in [3.63, 3.8) is 0 Å². The molecule has 2 aliphatic heterocycles. The van der Waals surface area contributed by atoms with Gasteiger partial charge in [0.25, 0.3) is 17.7 Å². The molecule has 15 heteroatoms. The van der Waals surface area contributed by atoms with Crippen molar-refractivity contribution >= 4 is 69.1 Å². The van der Waals surface area contributed by atoms with Crippen molar-refractivity contribution in [1.29, 1.82) is 0 Å². The van der Waals surface area contributed by atoms with Gasteiger partial charge in [0.15, 0.2) is 5.69 Å². The minimum absolute atomic E-state index is 0. The van der Waals surface area contributed by atoms with Gasteiger partial charge < -0.3 is 24.8 Å². The number of aliphatic hydroxyl groups is 1. The number of hydrogen-bond acceptors (Lipinski definition) is 8. The van der Waals surface area contributed by atoms with Gasteiger partial charge >= 0.3 is 10.4 Å². The molecule has 3 heterocycles. The number of fused-ring (bicyclic) bond motifs is 1. The van der Waals surface area contributed by atoms with Crippen LogP contribution in [0, 0.1) is 0 Å². The van der Waals surface area contributed by atoms with E-state index in [0.717, 1.165) is 0 Å². The molecular formula is C24H23N5NaO8S. The van der Waals surface area contributed by atoms with E-state index in [1.165, 1.54) is 38.7 Å². The minimum Gasteiger partial charge on any atom is -0.383 e. The molecule has 0 spiro atoms. The molecule has 3 aromatic rings. The fraction of sp³-hybridized carbons (Fsp3) is 0.250. The van der Waals surface area contributed by atoms with E-state index in [2.05, 4.69) is 9.28 Å². The van der Waals surface area contributed by atoms with Gasteiger partial charge in [-0.3, -0.25) is 18.9 Å². The molecule has 1 aromatic heterocycles. The number of rotatable bonds is 6. The zero-order chi connectivity index (χ0) is 27.2. The molecular weight excluding hydrogens is 541 g/mol. The van der Waals surface area contributed by atoms with Gasteiger partial charge in [-0.05, 0) is 67.8 Å². The molecule has 4 N–H and O–H groups in total. The summed E-state index contributed by atoms with van der Waals surface area (Å²) < 4.78 is 36.5. The molecule has 5 rings (SSSR count). The van der Waals surface area contributed by atoms with Crippen molar-refractivity contribution in [3.05, 3.63) is 65.5 Å². The second-order valence-electron chi connectivity index (χ2n) is 8.83. The number of hydrogen-bond donors (Lipinski definition) is 3. The van der Waals surface area contributed by atoms with Crippen LogP contribution < -0.4 is 19.7 Å². The number of primary amides is 1. The monoisotopic (exact) mass is 564 g/mol. The molecule has 2 aliphatic rings. The first kappa shape index (κ1) is 28.7. The summed E-state index contributed by atoms with van der Waals surface area (Å²) in [6.07, 6.45) is 0.368. The van der Waals surface area contributed by atoms with Gasteiger partial charge in [0.1, 0.15) is 17.5 Å². The first-order valence-electron chi connectivity index (χ1n) is 11.6. The topological polar surface area (TPSA) is 185 Å². The number of aliphatic hydroxyl groups excluding tert-OH is 1. The van der Waals surface area contributed by atoms with Crippen LogP contribution >= 0.6 is 0 Å². The zero-order valence-corrected chi connectivity index (χ0v) is 23.7. The Labute approximate surface area is 245 Å². The van der Waals surface area contributed by atoms with Crippen LogP contribution in [0.4, 0.5) is 11.4 Å². The smallest absolute Gasteiger partial charge is 0.383 e. The molecule has 39 heavy (non-hydrogen) atoms. The Balaban J connectivity index is 0.00000353. The summed E-state index contributed by atoms with van der Waals surface area (Å²) in [5.41, 5.74) is 7.46. The first-order chi connectivity index (χ1) is 18.0. The Morgan fingerprint density at radius 3 is 2.15 bits per heavy atom. The van der Waals surface area contributed by atoms with E-state index in [-0.39, 0.29) is 59.1 Å². The van der Waals surface area contributed by atoms with Crippen molar-refractivity contribution in [2.75, 3.05) is 22.9 Å². The van der Waals surface area contributed by atoms with Crippen molar-refractivity contribution in [1.82, 2.24) is 9.78 Å². The van der Waals surface area contributed by atoms with Gasteiger partial charge in [-0.2, -0.15) is 13.5 Å². The van der Waals surface area contributed by atoms with Crippen LogP contribution in [-0.4, -0.2) is 94.3 Å². The van der Waals surface area contributed by atoms with E-state index in [4.69, 9.17) is 10.3 Å². The van der Waals surface area contributed by atoms with Crippen molar-refractivity contribution in [2.45, 2.75) is 25.4 Å². The summed E-state index contributed by atoms with van der Waals surface area (Å²) in [5.74, 6) is -1.77. The maximum Gasteiger partial charge on any atom is 0.446 e. The van der Waals surface area contributed by atoms with Crippen molar-refractivity contribution in [3.8, 4) is 11.4 Å². The fourth-order valence-electron chi connectivity index (χ4n) is 4.68. The molecule has 1 radical (unpaired) electrons. The molecule has 0 aliphatic carbocycles. The third-order valence-corrected chi connectivity index (χ3v) is 6.82. The van der Waals surface area contributed by atoms with Crippen LogP contribution in [0.1, 0.15) is 39.4 Å². The molecule has 199 valence electrons. The Hall–Kier alpha value is -3.27. The van der Waals surface area contributed by atoms with E-state index in [1.54, 1.807) is 24.3 Å². The summed E-state index contributed by atoms with van der Waals surface area (Å²) in [4.78, 5) is 41.1. The number of nitrogens with zero attached hydrogens (tertiary/aromatic N) is 4. The van der Waals surface area contributed by atoms with Crippen LogP contribution in [0.3, 0.4) is 0 Å². The largest absolute Gasteiger partial charge is 0.446 e. The van der Waals surface area contributed by atoms with Crippen LogP contribution in [0.2, 0.25) is 0 Å². The van der Waals surface area contributed by atoms with Crippen molar-refractivity contribution in [2.24, 2.45) is 5.73 Å². The summed E-state index contributed by atoms with van der Waals surface area (Å²) in [5, 5.41) is 14.1. The average molecular weight is 565 g/mol. The Morgan fingerprint density at radius 1 is 0.974 bits per heavy atom. The summed E-state index contributed by atoms with van der Waals surface area (Å²) >= 11 is 0. The van der Waals surface area contributed by atoms with Gasteiger partial charge in [-0.15, -0.1) is 0 Å². The second-order valence-corrected chi connectivity index (χ2v) is 9.85. The standard InChI is InChI=1S/C24H23N5O8S.Na/c25-22(31)20-18-11-13-28(15-5-3-14(4-6-15)27-12-1-2-19(30)23(27)32)24(33)21(18)29(26-20)16-7-9-17(10-8-16)37-38(34,35)36;/h3-10,19,30H,1-2,11-13H2,(H2,25,31)(H,34,35,36);. The molecule has 1 atom stereocenters. The van der Waals surface area contributed by atoms with E-state index in [1.807, 2.05) is 0 Å². The number of benzene rings is 2. The van der Waals surface area contributed by atoms with E-state index < -0.39 is 28.3 Å². The third-order valence-electron chi connectivity index (χ3n) is 6.42. The maximum atomic E-state index is 13.7. The molecule has 0 bridgehead atoms. The number of anilines is 2. The van der Waals surface area contributed by atoms with E-state index in [9.17, 15) is 27.9 Å². The normalized spacial score (nSPS) is 17.4. The first-order valence-corrected chi connectivity index (χ1v) is 13.0. The van der Waals surface area contributed by atoms with Crippen LogP contribution in [0.15, 0.2) is 48.5 Å². The van der Waals surface area contributed by atoms with E-state index >= 15 is 0 Å². The third kappa shape index (κ3) is 5.71. The summed E-state index contributed by atoms with van der Waals surface area (Å²) in [7, 11) is -4.72. The number of nitrogens with two attached hydrogens (primary N) is 1. The Kier molecular flexibility index (Phi) is 8.16. The predicted octanol–water partition coefficient (Wildman–Crippen LogP) is 0.463. The van der Waals surface area contributed by atoms with Crippen molar-refractivity contribution < 1.29 is 36.6 Å². The molecule has 1 unspecified atom stereocenters. The van der Waals surface area contributed by atoms with E-state index in [0.29, 0.717) is 48.4 Å². The molecule has 13 nitrogen and oxygen atoms in total. The van der Waals surface area contributed by atoms with Gasteiger partial charge in [0.05, 0.1) is 5.69 Å². The van der Waals surface area contributed by atoms with Gasteiger partial charge in [-0.1, -0.05) is 0 Å². The molecule has 3 amide bonds. The van der Waals surface area contributed by atoms with Gasteiger partial charge in [0.2, 0.25) is 0 Å². The maximum absolute atomic E-state index is 13.7. The number of amides is 3. The average Bonchev–Trinajstić information content (AvgIpc) is 3.27. The number of carbonyl (C=O) groups excluding carboxylic acids is 3.